The van der Waals surface area contributed by atoms with Gasteiger partial charge in [0.25, 0.3) is 0 Å². The van der Waals surface area contributed by atoms with Crippen LogP contribution in [0.5, 0.6) is 0 Å². The van der Waals surface area contributed by atoms with Crippen LogP contribution in [0.2, 0.25) is 0 Å². The summed E-state index contributed by atoms with van der Waals surface area (Å²) in [6.07, 6.45) is 3.07. The Labute approximate surface area is 120 Å². The van der Waals surface area contributed by atoms with Crippen LogP contribution in [-0.2, 0) is 10.0 Å². The van der Waals surface area contributed by atoms with Crippen molar-refractivity contribution in [3.8, 4) is 0 Å². The van der Waals surface area contributed by atoms with Gasteiger partial charge in [0, 0.05) is 18.3 Å². The Morgan fingerprint density at radius 1 is 1.53 bits per heavy atom. The van der Waals surface area contributed by atoms with Crippen LogP contribution in [0, 0.1) is 5.82 Å². The molecule has 1 aromatic carbocycles. The summed E-state index contributed by atoms with van der Waals surface area (Å²) in [5.41, 5.74) is 5.79. The van der Waals surface area contributed by atoms with Gasteiger partial charge in [-0.2, -0.15) is 4.31 Å². The van der Waals surface area contributed by atoms with Gasteiger partial charge in [0.05, 0.1) is 4.47 Å². The maximum absolute atomic E-state index is 14.0. The van der Waals surface area contributed by atoms with E-state index in [0.29, 0.717) is 0 Å². The normalized spacial score (nSPS) is 15.7. The Kier molecular flexibility index (Phi) is 3.98. The molecule has 0 bridgehead atoms. The molecule has 7 heteroatoms. The second kappa shape index (κ2) is 5.22. The van der Waals surface area contributed by atoms with E-state index < -0.39 is 20.7 Å². The molecule has 0 aromatic heterocycles. The summed E-state index contributed by atoms with van der Waals surface area (Å²) in [5, 5.41) is 0. The lowest BCUT2D eigenvalue weighted by atomic mass is 10.3. The van der Waals surface area contributed by atoms with Gasteiger partial charge in [-0.15, -0.1) is 6.58 Å². The molecule has 1 aliphatic rings. The molecule has 0 atom stereocenters. The van der Waals surface area contributed by atoms with E-state index in [2.05, 4.69) is 22.5 Å². The van der Waals surface area contributed by atoms with Crippen LogP contribution in [0.4, 0.5) is 10.1 Å². The van der Waals surface area contributed by atoms with Crippen molar-refractivity contribution in [2.24, 2.45) is 0 Å². The second-order valence-corrected chi connectivity index (χ2v) is 7.12. The zero-order valence-corrected chi connectivity index (χ0v) is 12.5. The Balaban J connectivity index is 2.51. The quantitative estimate of drug-likeness (QED) is 0.656. The molecule has 0 aliphatic heterocycles. The highest BCUT2D eigenvalue weighted by Gasteiger charge is 2.38. The van der Waals surface area contributed by atoms with E-state index in [4.69, 9.17) is 5.73 Å². The summed E-state index contributed by atoms with van der Waals surface area (Å²) in [6, 6.07) is 2.42. The fourth-order valence-electron chi connectivity index (χ4n) is 1.83. The van der Waals surface area contributed by atoms with E-state index in [9.17, 15) is 12.8 Å². The van der Waals surface area contributed by atoms with Gasteiger partial charge in [0.2, 0.25) is 10.0 Å². The molecular weight excluding hydrogens is 335 g/mol. The third kappa shape index (κ3) is 2.82. The van der Waals surface area contributed by atoms with E-state index in [1.807, 2.05) is 0 Å². The molecule has 1 aromatic rings. The lowest BCUT2D eigenvalue weighted by Crippen LogP contribution is -2.34. The van der Waals surface area contributed by atoms with Crippen LogP contribution in [0.3, 0.4) is 0 Å². The van der Waals surface area contributed by atoms with Gasteiger partial charge in [-0.1, -0.05) is 6.08 Å². The topological polar surface area (TPSA) is 63.4 Å². The third-order valence-electron chi connectivity index (χ3n) is 2.87. The predicted molar refractivity (Wildman–Crippen MR) is 75.6 cm³/mol. The third-order valence-corrected chi connectivity index (χ3v) is 5.36. The van der Waals surface area contributed by atoms with Crippen LogP contribution >= 0.6 is 15.9 Å². The van der Waals surface area contributed by atoms with Gasteiger partial charge in [-0.05, 0) is 40.9 Å². The number of sulfonamides is 1. The number of nitrogens with zero attached hydrogens (tertiary/aromatic N) is 1. The first-order valence-electron chi connectivity index (χ1n) is 5.75. The van der Waals surface area contributed by atoms with Crippen LogP contribution < -0.4 is 5.73 Å². The number of benzene rings is 1. The van der Waals surface area contributed by atoms with Crippen molar-refractivity contribution in [1.82, 2.24) is 4.31 Å². The number of hydrogen-bond acceptors (Lipinski definition) is 3. The van der Waals surface area contributed by atoms with Gasteiger partial charge in [0.1, 0.15) is 4.90 Å². The molecular formula is C12H14BrFN2O2S. The molecule has 0 heterocycles. The standard InChI is InChI=1S/C12H14BrFN2O2S/c1-2-5-16(9-3-4-9)19(17,18)11-7-8(15)6-10(13)12(11)14/h2,6-7,9H,1,3-5,15H2. The number of hydrogen-bond donors (Lipinski definition) is 1. The largest absolute Gasteiger partial charge is 0.399 e. The summed E-state index contributed by atoms with van der Waals surface area (Å²) in [7, 11) is -3.90. The smallest absolute Gasteiger partial charge is 0.246 e. The monoisotopic (exact) mass is 348 g/mol. The second-order valence-electron chi connectivity index (χ2n) is 4.41. The Morgan fingerprint density at radius 2 is 2.16 bits per heavy atom. The van der Waals surface area contributed by atoms with Crippen molar-refractivity contribution < 1.29 is 12.8 Å². The van der Waals surface area contributed by atoms with Crippen LogP contribution in [0.25, 0.3) is 0 Å². The van der Waals surface area contributed by atoms with Gasteiger partial charge in [-0.3, -0.25) is 0 Å². The highest BCUT2D eigenvalue weighted by molar-refractivity contribution is 9.10. The molecule has 1 aliphatic carbocycles. The molecule has 0 saturated heterocycles. The minimum Gasteiger partial charge on any atom is -0.399 e. The van der Waals surface area contributed by atoms with Gasteiger partial charge in [0.15, 0.2) is 5.82 Å². The molecule has 104 valence electrons. The molecule has 1 fully saturated rings. The number of anilines is 1. The zero-order valence-electron chi connectivity index (χ0n) is 10.1. The average molecular weight is 349 g/mol. The van der Waals surface area contributed by atoms with Gasteiger partial charge < -0.3 is 5.73 Å². The van der Waals surface area contributed by atoms with Crippen LogP contribution in [0.1, 0.15) is 12.8 Å². The van der Waals surface area contributed by atoms with Crippen molar-refractivity contribution in [3.63, 3.8) is 0 Å². The Hall–Kier alpha value is -0.920. The Morgan fingerprint density at radius 3 is 2.68 bits per heavy atom. The minimum absolute atomic E-state index is 0.0421. The highest BCUT2D eigenvalue weighted by Crippen LogP contribution is 2.34. The number of halogens is 2. The maximum Gasteiger partial charge on any atom is 0.246 e. The molecule has 0 unspecified atom stereocenters. The summed E-state index contributed by atoms with van der Waals surface area (Å²) in [6.45, 7) is 3.71. The molecule has 2 rings (SSSR count). The summed E-state index contributed by atoms with van der Waals surface area (Å²) in [4.78, 5) is -0.395. The molecule has 0 amide bonds. The lowest BCUT2D eigenvalue weighted by molar-refractivity contribution is 0.431. The van der Waals surface area contributed by atoms with Crippen molar-refractivity contribution >= 4 is 31.6 Å². The number of nitrogen functional groups attached to an aromatic ring is 1. The van der Waals surface area contributed by atoms with E-state index in [0.717, 1.165) is 18.9 Å². The Bertz CT molecular complexity index is 614. The fourth-order valence-corrected chi connectivity index (χ4v) is 4.22. The van der Waals surface area contributed by atoms with Crippen molar-refractivity contribution in [1.29, 1.82) is 0 Å². The van der Waals surface area contributed by atoms with Crippen LogP contribution in [-0.4, -0.2) is 25.3 Å². The van der Waals surface area contributed by atoms with Crippen LogP contribution in [0.15, 0.2) is 34.2 Å². The van der Waals surface area contributed by atoms with Crippen molar-refractivity contribution in [2.75, 3.05) is 12.3 Å². The first-order chi connectivity index (χ1) is 8.87. The van der Waals surface area contributed by atoms with Crippen molar-refractivity contribution in [2.45, 2.75) is 23.8 Å². The van der Waals surface area contributed by atoms with E-state index in [1.54, 1.807) is 0 Å². The first kappa shape index (κ1) is 14.5. The zero-order chi connectivity index (χ0) is 14.2. The van der Waals surface area contributed by atoms with E-state index in [1.165, 1.54) is 16.4 Å². The lowest BCUT2D eigenvalue weighted by Gasteiger charge is -2.21. The average Bonchev–Trinajstić information content (AvgIpc) is 3.14. The predicted octanol–water partition coefficient (Wildman–Crippen LogP) is 2.51. The van der Waals surface area contributed by atoms with Gasteiger partial charge in [-0.25, -0.2) is 12.8 Å². The fraction of sp³-hybridized carbons (Fsp3) is 0.333. The minimum atomic E-state index is -3.90. The number of nitrogens with two attached hydrogens (primary N) is 1. The molecule has 4 nitrogen and oxygen atoms in total. The summed E-state index contributed by atoms with van der Waals surface area (Å²) < 4.78 is 40.3. The molecule has 0 spiro atoms. The number of rotatable bonds is 5. The van der Waals surface area contributed by atoms with Crippen molar-refractivity contribution in [3.05, 3.63) is 35.1 Å². The SMILES string of the molecule is C=CCN(C1CC1)S(=O)(=O)c1cc(N)cc(Br)c1F. The first-order valence-corrected chi connectivity index (χ1v) is 7.98. The molecule has 0 radical (unpaired) electrons. The van der Waals surface area contributed by atoms with E-state index >= 15 is 0 Å². The highest BCUT2D eigenvalue weighted by atomic mass is 79.9. The molecule has 19 heavy (non-hydrogen) atoms. The van der Waals surface area contributed by atoms with E-state index in [-0.39, 0.29) is 22.7 Å². The van der Waals surface area contributed by atoms with Gasteiger partial charge >= 0.3 is 0 Å². The molecule has 1 saturated carbocycles. The molecule has 2 N–H and O–H groups in total. The summed E-state index contributed by atoms with van der Waals surface area (Å²) >= 11 is 2.97. The summed E-state index contributed by atoms with van der Waals surface area (Å²) in [5.74, 6) is -0.816. The maximum atomic E-state index is 14.0.